The summed E-state index contributed by atoms with van der Waals surface area (Å²) in [7, 11) is 0. The van der Waals surface area contributed by atoms with Crippen molar-refractivity contribution in [2.75, 3.05) is 12.1 Å². The van der Waals surface area contributed by atoms with Crippen LogP contribution in [0.1, 0.15) is 46.7 Å². The molecule has 4 atom stereocenters. The third-order valence-electron chi connectivity index (χ3n) is 9.03. The van der Waals surface area contributed by atoms with E-state index < -0.39 is 54.2 Å². The molecule has 4 N–H and O–H groups in total. The molecule has 4 aromatic carbocycles. The van der Waals surface area contributed by atoms with Crippen LogP contribution in [-0.2, 0) is 27.3 Å². The van der Waals surface area contributed by atoms with Gasteiger partial charge in [-0.2, -0.15) is 0 Å². The van der Waals surface area contributed by atoms with E-state index in [0.717, 1.165) is 10.8 Å². The van der Waals surface area contributed by atoms with E-state index in [1.54, 1.807) is 55.5 Å². The summed E-state index contributed by atoms with van der Waals surface area (Å²) >= 11 is 0. The van der Waals surface area contributed by atoms with Crippen molar-refractivity contribution in [1.82, 2.24) is 4.90 Å². The predicted molar refractivity (Wildman–Crippen MR) is 185 cm³/mol. The molecule has 1 aliphatic heterocycles. The number of ether oxygens (including phenoxy) is 2. The fourth-order valence-corrected chi connectivity index (χ4v) is 6.29. The minimum atomic E-state index is -2.16. The molecule has 12 nitrogen and oxygen atoms in total. The number of aliphatic carboxylic acids is 2. The summed E-state index contributed by atoms with van der Waals surface area (Å²) < 4.78 is 17.2. The van der Waals surface area contributed by atoms with E-state index in [9.17, 15) is 34.5 Å². The largest absolute Gasteiger partial charge is 0.481 e. The number of furan rings is 1. The number of carbonyl (C=O) groups excluding carboxylic acids is 2. The van der Waals surface area contributed by atoms with Crippen LogP contribution < -0.4 is 14.8 Å². The van der Waals surface area contributed by atoms with E-state index in [1.807, 2.05) is 54.6 Å². The quantitative estimate of drug-likeness (QED) is 0.113. The molecule has 12 heteroatoms. The van der Waals surface area contributed by atoms with Crippen LogP contribution in [0.2, 0.25) is 0 Å². The van der Waals surface area contributed by atoms with Gasteiger partial charge in [-0.1, -0.05) is 60.7 Å². The number of rotatable bonds is 14. The number of para-hydroxylation sites is 1. The number of benzene rings is 4. The zero-order chi connectivity index (χ0) is 36.1. The summed E-state index contributed by atoms with van der Waals surface area (Å²) in [6, 6.07) is 30.1. The van der Waals surface area contributed by atoms with E-state index in [2.05, 4.69) is 5.32 Å². The number of carbonyl (C=O) groups is 4. The third kappa shape index (κ3) is 8.03. The Morgan fingerprint density at radius 2 is 1.55 bits per heavy atom. The van der Waals surface area contributed by atoms with Crippen LogP contribution in [0.5, 0.6) is 11.5 Å². The number of nitrogens with zero attached hydrogens (tertiary/aromatic N) is 1. The Balaban J connectivity index is 1.37. The molecule has 6 rings (SSSR count). The second-order valence-corrected chi connectivity index (χ2v) is 12.4. The molecule has 0 fully saturated rings. The number of fused-ring (bicyclic) bond motifs is 2. The highest BCUT2D eigenvalue weighted by Gasteiger charge is 2.40. The summed E-state index contributed by atoms with van der Waals surface area (Å²) in [4.78, 5) is 52.2. The molecular formula is C39H36N2O10. The minimum Gasteiger partial charge on any atom is -0.481 e. The smallest absolute Gasteiger partial charge is 0.310 e. The van der Waals surface area contributed by atoms with Gasteiger partial charge in [-0.25, -0.2) is 0 Å². The summed E-state index contributed by atoms with van der Waals surface area (Å²) in [5.74, 6) is -5.39. The Kier molecular flexibility index (Phi) is 10.3. The van der Waals surface area contributed by atoms with Gasteiger partial charge in [0.25, 0.3) is 11.8 Å². The second-order valence-electron chi connectivity index (χ2n) is 12.4. The Morgan fingerprint density at radius 3 is 2.29 bits per heavy atom. The van der Waals surface area contributed by atoms with E-state index >= 15 is 0 Å². The van der Waals surface area contributed by atoms with Crippen molar-refractivity contribution in [2.45, 2.75) is 44.4 Å². The molecule has 262 valence electrons. The van der Waals surface area contributed by atoms with Crippen molar-refractivity contribution < 1.29 is 48.4 Å². The highest BCUT2D eigenvalue weighted by Crippen LogP contribution is 2.38. The van der Waals surface area contributed by atoms with Crippen molar-refractivity contribution >= 4 is 40.2 Å². The number of carboxylic acids is 2. The van der Waals surface area contributed by atoms with Gasteiger partial charge in [0.1, 0.15) is 17.8 Å². The molecule has 1 aromatic heterocycles. The summed E-state index contributed by atoms with van der Waals surface area (Å²) in [5, 5.41) is 35.1. The molecule has 4 unspecified atom stereocenters. The summed E-state index contributed by atoms with van der Waals surface area (Å²) in [6.45, 7) is 1.76. The Morgan fingerprint density at radius 1 is 0.824 bits per heavy atom. The Labute approximate surface area is 292 Å². The van der Waals surface area contributed by atoms with Crippen LogP contribution >= 0.6 is 0 Å². The monoisotopic (exact) mass is 692 g/mol. The Hall–Kier alpha value is -6.14. The van der Waals surface area contributed by atoms with E-state index in [1.165, 1.54) is 4.90 Å². The lowest BCUT2D eigenvalue weighted by Crippen LogP contribution is -2.50. The van der Waals surface area contributed by atoms with Crippen molar-refractivity contribution in [1.29, 1.82) is 0 Å². The van der Waals surface area contributed by atoms with E-state index in [4.69, 9.17) is 13.9 Å². The average molecular weight is 693 g/mol. The van der Waals surface area contributed by atoms with Crippen molar-refractivity contribution in [2.24, 2.45) is 5.92 Å². The number of aliphatic hydroxyl groups is 1. The molecule has 0 aliphatic carbocycles. The average Bonchev–Trinajstić information content (AvgIpc) is 3.81. The number of carboxylic acid groups (broad SMARTS) is 2. The zero-order valence-corrected chi connectivity index (χ0v) is 27.6. The molecule has 1 aliphatic rings. The lowest BCUT2D eigenvalue weighted by atomic mass is 9.86. The number of hydrogen-bond acceptors (Lipinski definition) is 8. The van der Waals surface area contributed by atoms with Gasteiger partial charge in [-0.05, 0) is 71.3 Å². The predicted octanol–water partition coefficient (Wildman–Crippen LogP) is 5.69. The molecule has 2 amide bonds. The minimum absolute atomic E-state index is 0.0365. The topological polar surface area (TPSA) is 176 Å². The number of aliphatic hydroxyl groups excluding tert-OH is 1. The van der Waals surface area contributed by atoms with Crippen LogP contribution in [0.25, 0.3) is 10.8 Å². The number of hydrogen-bond donors (Lipinski definition) is 4. The zero-order valence-electron chi connectivity index (χ0n) is 27.6. The Bertz CT molecular complexity index is 2060. The van der Waals surface area contributed by atoms with Gasteiger partial charge in [0, 0.05) is 30.6 Å². The SMILES string of the molecule is CC(C(Cc1ccc(C(=O)Nc2ccccc2)o1)c1ccc2c(c1)OCO2)N(Cc1ccc2ccccc2c1)C(=O)C(O)C(CC(=O)O)C(=O)O. The molecule has 0 saturated carbocycles. The summed E-state index contributed by atoms with van der Waals surface area (Å²) in [6.07, 6.45) is -2.93. The lowest BCUT2D eigenvalue weighted by molar-refractivity contribution is -0.160. The van der Waals surface area contributed by atoms with E-state index in [-0.39, 0.29) is 25.5 Å². The van der Waals surface area contributed by atoms with Gasteiger partial charge in [-0.15, -0.1) is 0 Å². The second kappa shape index (κ2) is 15.2. The number of amides is 2. The maximum Gasteiger partial charge on any atom is 0.310 e. The molecule has 0 radical (unpaired) electrons. The molecular weight excluding hydrogens is 656 g/mol. The van der Waals surface area contributed by atoms with Crippen LogP contribution in [-0.4, -0.2) is 62.9 Å². The van der Waals surface area contributed by atoms with E-state index in [0.29, 0.717) is 34.1 Å². The molecule has 51 heavy (non-hydrogen) atoms. The van der Waals surface area contributed by atoms with Gasteiger partial charge >= 0.3 is 11.9 Å². The number of nitrogens with one attached hydrogen (secondary N) is 1. The van der Waals surface area contributed by atoms with Gasteiger partial charge in [-0.3, -0.25) is 19.2 Å². The first kappa shape index (κ1) is 34.7. The highest BCUT2D eigenvalue weighted by molar-refractivity contribution is 6.02. The van der Waals surface area contributed by atoms with Gasteiger partial charge in [0.05, 0.1) is 6.42 Å². The third-order valence-corrected chi connectivity index (χ3v) is 9.03. The van der Waals surface area contributed by atoms with Crippen LogP contribution in [0.4, 0.5) is 5.69 Å². The normalized spacial score (nSPS) is 14.3. The molecule has 5 aromatic rings. The number of anilines is 1. The molecule has 0 saturated heterocycles. The van der Waals surface area contributed by atoms with Crippen molar-refractivity contribution in [3.63, 3.8) is 0 Å². The first-order valence-corrected chi connectivity index (χ1v) is 16.3. The van der Waals surface area contributed by atoms with Gasteiger partial charge < -0.3 is 39.4 Å². The molecule has 0 bridgehead atoms. The van der Waals surface area contributed by atoms with Crippen LogP contribution in [0.3, 0.4) is 0 Å². The van der Waals surface area contributed by atoms with Gasteiger partial charge in [0.15, 0.2) is 17.3 Å². The van der Waals surface area contributed by atoms with Crippen molar-refractivity contribution in [3.05, 3.63) is 126 Å². The molecule has 2 heterocycles. The molecule has 0 spiro atoms. The first-order chi connectivity index (χ1) is 24.6. The first-order valence-electron chi connectivity index (χ1n) is 16.3. The lowest BCUT2D eigenvalue weighted by Gasteiger charge is -2.37. The van der Waals surface area contributed by atoms with Crippen LogP contribution in [0.15, 0.2) is 108 Å². The van der Waals surface area contributed by atoms with Crippen LogP contribution in [0, 0.1) is 5.92 Å². The van der Waals surface area contributed by atoms with Crippen molar-refractivity contribution in [3.8, 4) is 11.5 Å². The standard InChI is InChI=1S/C39H36N2O10/c1-23(41(38(46)36(44)31(39(47)48)20-35(42)43)21-24-11-12-25-7-5-6-8-26(25)17-24)30(27-13-15-32-34(18-27)50-22-49-32)19-29-14-16-33(51-29)37(45)40-28-9-3-2-4-10-28/h2-18,23,30-31,36,44H,19-22H2,1H3,(H,40,45)(H,42,43)(H,47,48). The maximum atomic E-state index is 14.2. The maximum absolute atomic E-state index is 14.2. The fraction of sp³-hybridized carbons (Fsp3) is 0.231. The summed E-state index contributed by atoms with van der Waals surface area (Å²) in [5.41, 5.74) is 2.01. The highest BCUT2D eigenvalue weighted by atomic mass is 16.7. The fourth-order valence-electron chi connectivity index (χ4n) is 6.29. The van der Waals surface area contributed by atoms with Gasteiger partial charge in [0.2, 0.25) is 6.79 Å².